The van der Waals surface area contributed by atoms with Crippen molar-refractivity contribution in [2.24, 2.45) is 0 Å². The molecule has 0 unspecified atom stereocenters. The molecule has 0 amide bonds. The van der Waals surface area contributed by atoms with Gasteiger partial charge in [-0.25, -0.2) is 4.79 Å². The van der Waals surface area contributed by atoms with E-state index in [0.29, 0.717) is 17.2 Å². The normalized spacial score (nSPS) is 10.6. The van der Waals surface area contributed by atoms with Gasteiger partial charge in [0, 0.05) is 11.1 Å². The first-order chi connectivity index (χ1) is 13.8. The second kappa shape index (κ2) is 8.22. The maximum atomic E-state index is 12.3. The highest BCUT2D eigenvalue weighted by molar-refractivity contribution is 5.87. The van der Waals surface area contributed by atoms with Gasteiger partial charge in [0.25, 0.3) is 5.89 Å². The summed E-state index contributed by atoms with van der Waals surface area (Å²) >= 11 is 0. The number of ether oxygens (including phenoxy) is 2. The lowest BCUT2D eigenvalue weighted by Crippen LogP contribution is -2.08. The van der Waals surface area contributed by atoms with Gasteiger partial charge in [-0.15, -0.1) is 10.2 Å². The third-order valence-electron chi connectivity index (χ3n) is 3.88. The fourth-order valence-corrected chi connectivity index (χ4v) is 2.51. The fraction of sp³-hybridized carbons (Fsp3) is 0.0952. The molecule has 4 rings (SSSR count). The van der Waals surface area contributed by atoms with E-state index in [1.165, 1.54) is 6.26 Å². The van der Waals surface area contributed by atoms with Crippen LogP contribution in [0.5, 0.6) is 5.75 Å². The van der Waals surface area contributed by atoms with E-state index in [2.05, 4.69) is 10.2 Å². The topological polar surface area (TPSA) is 87.6 Å². The van der Waals surface area contributed by atoms with Crippen LogP contribution in [-0.4, -0.2) is 16.2 Å². The first-order valence-corrected chi connectivity index (χ1v) is 8.59. The predicted octanol–water partition coefficient (Wildman–Crippen LogP) is 4.27. The Morgan fingerprint density at radius 3 is 2.43 bits per heavy atom. The van der Waals surface area contributed by atoms with Crippen molar-refractivity contribution in [3.8, 4) is 17.2 Å². The van der Waals surface area contributed by atoms with Gasteiger partial charge in [-0.1, -0.05) is 36.4 Å². The largest absolute Gasteiger partial charge is 0.489 e. The number of hydrogen-bond acceptors (Lipinski definition) is 7. The molecular weight excluding hydrogens is 360 g/mol. The Hall–Kier alpha value is -3.87. The number of esters is 1. The average Bonchev–Trinajstić information content (AvgIpc) is 3.41. The minimum atomic E-state index is -0.629. The number of aromatic nitrogens is 2. The van der Waals surface area contributed by atoms with Crippen LogP contribution in [-0.2, 0) is 18.0 Å². The number of nitrogens with zero attached hydrogens (tertiary/aromatic N) is 2. The third kappa shape index (κ3) is 4.09. The van der Waals surface area contributed by atoms with E-state index in [1.807, 2.05) is 60.7 Å². The summed E-state index contributed by atoms with van der Waals surface area (Å²) in [6.45, 7) is 0.0298. The summed E-state index contributed by atoms with van der Waals surface area (Å²) in [6, 6.07) is 20.3. The highest BCUT2D eigenvalue weighted by Gasteiger charge is 2.19. The molecule has 0 N–H and O–H groups in total. The van der Waals surface area contributed by atoms with E-state index in [9.17, 15) is 4.79 Å². The van der Waals surface area contributed by atoms with Crippen LogP contribution in [0, 0.1) is 0 Å². The van der Waals surface area contributed by atoms with Gasteiger partial charge < -0.3 is 18.3 Å². The van der Waals surface area contributed by atoms with Crippen molar-refractivity contribution in [2.75, 3.05) is 0 Å². The number of para-hydroxylation sites is 1. The molecule has 0 aliphatic carbocycles. The molecule has 0 spiro atoms. The highest BCUT2D eigenvalue weighted by Crippen LogP contribution is 2.19. The molecule has 28 heavy (non-hydrogen) atoms. The van der Waals surface area contributed by atoms with Gasteiger partial charge in [-0.3, -0.25) is 0 Å². The van der Waals surface area contributed by atoms with Crippen molar-refractivity contribution in [2.45, 2.75) is 13.2 Å². The van der Waals surface area contributed by atoms with Crippen molar-refractivity contribution in [3.63, 3.8) is 0 Å². The Balaban J connectivity index is 1.36. The van der Waals surface area contributed by atoms with Gasteiger partial charge in [0.2, 0.25) is 11.7 Å². The van der Waals surface area contributed by atoms with E-state index in [1.54, 1.807) is 6.07 Å². The minimum Gasteiger partial charge on any atom is -0.489 e. The maximum absolute atomic E-state index is 12.3. The molecule has 2 heterocycles. The first kappa shape index (κ1) is 17.5. The number of carbonyl (C=O) groups excluding carboxylic acids is 1. The van der Waals surface area contributed by atoms with Crippen molar-refractivity contribution in [1.82, 2.24) is 10.2 Å². The molecule has 0 aliphatic heterocycles. The summed E-state index contributed by atoms with van der Waals surface area (Å²) in [5.41, 5.74) is 1.38. The first-order valence-electron chi connectivity index (χ1n) is 8.59. The van der Waals surface area contributed by atoms with Crippen LogP contribution >= 0.6 is 0 Å². The summed E-state index contributed by atoms with van der Waals surface area (Å²) < 4.78 is 21.7. The number of rotatable bonds is 7. The molecule has 0 fully saturated rings. The van der Waals surface area contributed by atoms with Crippen LogP contribution in [0.25, 0.3) is 11.5 Å². The van der Waals surface area contributed by atoms with Gasteiger partial charge >= 0.3 is 5.97 Å². The average molecular weight is 376 g/mol. The molecule has 0 radical (unpaired) electrons. The maximum Gasteiger partial charge on any atom is 0.375 e. The minimum absolute atomic E-state index is 0.0822. The molecule has 7 nitrogen and oxygen atoms in total. The smallest absolute Gasteiger partial charge is 0.375 e. The van der Waals surface area contributed by atoms with Gasteiger partial charge in [0.1, 0.15) is 12.4 Å². The zero-order valence-corrected chi connectivity index (χ0v) is 14.8. The van der Waals surface area contributed by atoms with Crippen LogP contribution in [0.15, 0.2) is 81.8 Å². The van der Waals surface area contributed by atoms with Crippen molar-refractivity contribution in [1.29, 1.82) is 0 Å². The second-order valence-corrected chi connectivity index (χ2v) is 5.82. The lowest BCUT2D eigenvalue weighted by atomic mass is 10.2. The molecular formula is C21H16N2O5. The molecule has 140 valence electrons. The Morgan fingerprint density at radius 2 is 1.64 bits per heavy atom. The Morgan fingerprint density at radius 1 is 0.893 bits per heavy atom. The lowest BCUT2D eigenvalue weighted by molar-refractivity contribution is 0.0398. The molecule has 2 aromatic carbocycles. The van der Waals surface area contributed by atoms with Gasteiger partial charge in [-0.05, 0) is 30.3 Å². The van der Waals surface area contributed by atoms with E-state index >= 15 is 0 Å². The predicted molar refractivity (Wildman–Crippen MR) is 98.3 cm³/mol. The summed E-state index contributed by atoms with van der Waals surface area (Å²) in [6.07, 6.45) is 1.42. The second-order valence-electron chi connectivity index (χ2n) is 5.82. The van der Waals surface area contributed by atoms with Gasteiger partial charge in [0.15, 0.2) is 6.61 Å². The summed E-state index contributed by atoms with van der Waals surface area (Å²) in [5.74, 6) is 0.708. The number of benzene rings is 2. The molecule has 7 heteroatoms. The molecule has 0 saturated carbocycles. The van der Waals surface area contributed by atoms with E-state index in [4.69, 9.17) is 18.3 Å². The quantitative estimate of drug-likeness (QED) is 0.445. The number of hydrogen-bond donors (Lipinski definition) is 0. The third-order valence-corrected chi connectivity index (χ3v) is 3.88. The van der Waals surface area contributed by atoms with E-state index < -0.39 is 5.97 Å². The van der Waals surface area contributed by atoms with Crippen LogP contribution in [0.3, 0.4) is 0 Å². The molecule has 0 saturated heterocycles. The molecule has 0 aliphatic rings. The highest BCUT2D eigenvalue weighted by atomic mass is 16.6. The Labute approximate surface area is 160 Å². The SMILES string of the molecule is O=C(OCc1nnc(-c2ccccc2)o1)c1occc1COc1ccccc1. The molecule has 4 aromatic rings. The number of furan rings is 1. The molecule has 0 atom stereocenters. The zero-order valence-electron chi connectivity index (χ0n) is 14.8. The summed E-state index contributed by atoms with van der Waals surface area (Å²) in [5, 5.41) is 7.85. The zero-order chi connectivity index (χ0) is 19.2. The Kier molecular flexibility index (Phi) is 5.15. The summed E-state index contributed by atoms with van der Waals surface area (Å²) in [4.78, 5) is 12.3. The van der Waals surface area contributed by atoms with Crippen LogP contribution in [0.4, 0.5) is 0 Å². The Bertz CT molecular complexity index is 1040. The van der Waals surface area contributed by atoms with Crippen molar-refractivity contribution < 1.29 is 23.1 Å². The van der Waals surface area contributed by atoms with Crippen LogP contribution < -0.4 is 4.74 Å². The standard InChI is InChI=1S/C21H16N2O5/c24-21(19-16(11-12-25-19)13-26-17-9-5-2-6-10-17)27-14-18-22-23-20(28-18)15-7-3-1-4-8-15/h1-12H,13-14H2. The monoisotopic (exact) mass is 376 g/mol. The van der Waals surface area contributed by atoms with Gasteiger partial charge in [-0.2, -0.15) is 0 Å². The fourth-order valence-electron chi connectivity index (χ4n) is 2.51. The van der Waals surface area contributed by atoms with Gasteiger partial charge in [0.05, 0.1) is 6.26 Å². The van der Waals surface area contributed by atoms with Crippen LogP contribution in [0.2, 0.25) is 0 Å². The number of carbonyl (C=O) groups is 1. The van der Waals surface area contributed by atoms with E-state index in [-0.39, 0.29) is 24.9 Å². The summed E-state index contributed by atoms with van der Waals surface area (Å²) in [7, 11) is 0. The van der Waals surface area contributed by atoms with E-state index in [0.717, 1.165) is 5.56 Å². The van der Waals surface area contributed by atoms with Crippen LogP contribution in [0.1, 0.15) is 22.0 Å². The lowest BCUT2D eigenvalue weighted by Gasteiger charge is -2.06. The van der Waals surface area contributed by atoms with Crippen molar-refractivity contribution >= 4 is 5.97 Å². The molecule has 0 bridgehead atoms. The molecule has 2 aromatic heterocycles. The van der Waals surface area contributed by atoms with Crippen molar-refractivity contribution in [3.05, 3.63) is 90.2 Å².